The number of ether oxygens (including phenoxy) is 1. The Hall–Kier alpha value is -2.60. The van der Waals surface area contributed by atoms with E-state index in [2.05, 4.69) is 0 Å². The molecule has 0 atom stereocenters. The van der Waals surface area contributed by atoms with Gasteiger partial charge in [-0.3, -0.25) is 0 Å². The van der Waals surface area contributed by atoms with E-state index in [-0.39, 0.29) is 10.6 Å². The van der Waals surface area contributed by atoms with Crippen molar-refractivity contribution in [1.29, 1.82) is 0 Å². The number of aliphatic carboxylic acids is 1. The van der Waals surface area contributed by atoms with Gasteiger partial charge in [0, 0.05) is 10.4 Å². The number of hydrogen-bond donors (Lipinski definition) is 2. The molecular formula is C16H14O5S. The minimum absolute atomic E-state index is 0.00598. The van der Waals surface area contributed by atoms with Crippen molar-refractivity contribution in [2.24, 2.45) is 0 Å². The topological polar surface area (TPSA) is 83.8 Å². The predicted octanol–water partition coefficient (Wildman–Crippen LogP) is 3.39. The van der Waals surface area contributed by atoms with Crippen LogP contribution in [0.4, 0.5) is 0 Å². The minimum atomic E-state index is -1.15. The smallest absolute Gasteiger partial charge is 0.349 e. The summed E-state index contributed by atoms with van der Waals surface area (Å²) in [5.74, 6) is -2.16. The normalized spacial score (nSPS) is 10.8. The van der Waals surface area contributed by atoms with Crippen molar-refractivity contribution >= 4 is 35.4 Å². The quantitative estimate of drug-likeness (QED) is 0.853. The second kappa shape index (κ2) is 6.91. The zero-order chi connectivity index (χ0) is 16.1. The zero-order valence-electron chi connectivity index (χ0n) is 11.8. The molecule has 114 valence electrons. The first-order valence-electron chi connectivity index (χ1n) is 6.43. The number of rotatable bonds is 6. The van der Waals surface area contributed by atoms with Crippen molar-refractivity contribution in [3.8, 4) is 5.75 Å². The molecule has 2 rings (SSSR count). The van der Waals surface area contributed by atoms with Gasteiger partial charge in [-0.1, -0.05) is 36.4 Å². The third-order valence-electron chi connectivity index (χ3n) is 2.89. The number of thiophene rings is 1. The number of hydrogen-bond acceptors (Lipinski definition) is 4. The summed E-state index contributed by atoms with van der Waals surface area (Å²) in [6, 6.07) is 9.59. The zero-order valence-corrected chi connectivity index (χ0v) is 12.6. The number of aromatic carboxylic acids is 1. The maximum absolute atomic E-state index is 11.3. The Morgan fingerprint density at radius 3 is 2.45 bits per heavy atom. The van der Waals surface area contributed by atoms with Crippen LogP contribution in [0.5, 0.6) is 5.75 Å². The van der Waals surface area contributed by atoms with E-state index in [1.165, 1.54) is 0 Å². The SMILES string of the molecule is Cc1c(/C=C/c2ccccc2)sc(C(=O)O)c1OCC(=O)O. The van der Waals surface area contributed by atoms with Crippen LogP contribution in [0.2, 0.25) is 0 Å². The molecule has 0 amide bonds. The van der Waals surface area contributed by atoms with Gasteiger partial charge in [-0.2, -0.15) is 0 Å². The molecule has 5 nitrogen and oxygen atoms in total. The van der Waals surface area contributed by atoms with Crippen LogP contribution in [0.25, 0.3) is 12.2 Å². The molecule has 0 saturated heterocycles. The summed E-state index contributed by atoms with van der Waals surface area (Å²) in [6.07, 6.45) is 3.67. The minimum Gasteiger partial charge on any atom is -0.480 e. The number of carboxylic acid groups (broad SMARTS) is 2. The van der Waals surface area contributed by atoms with Crippen LogP contribution in [0, 0.1) is 6.92 Å². The maximum Gasteiger partial charge on any atom is 0.349 e. The molecular weight excluding hydrogens is 304 g/mol. The average Bonchev–Trinajstić information content (AvgIpc) is 2.80. The van der Waals surface area contributed by atoms with Gasteiger partial charge in [0.15, 0.2) is 11.5 Å². The fraction of sp³-hybridized carbons (Fsp3) is 0.125. The van der Waals surface area contributed by atoms with E-state index >= 15 is 0 Å². The maximum atomic E-state index is 11.3. The van der Waals surface area contributed by atoms with Crippen molar-refractivity contribution in [1.82, 2.24) is 0 Å². The van der Waals surface area contributed by atoms with Gasteiger partial charge in [0.25, 0.3) is 0 Å². The molecule has 0 unspecified atom stereocenters. The van der Waals surface area contributed by atoms with Crippen LogP contribution >= 0.6 is 11.3 Å². The molecule has 6 heteroatoms. The van der Waals surface area contributed by atoms with E-state index in [9.17, 15) is 14.7 Å². The fourth-order valence-corrected chi connectivity index (χ4v) is 2.85. The van der Waals surface area contributed by atoms with Gasteiger partial charge in [-0.25, -0.2) is 9.59 Å². The summed E-state index contributed by atoms with van der Waals surface area (Å²) in [7, 11) is 0. The van der Waals surface area contributed by atoms with Crippen LogP contribution in [0.3, 0.4) is 0 Å². The molecule has 0 fully saturated rings. The van der Waals surface area contributed by atoms with Gasteiger partial charge < -0.3 is 14.9 Å². The summed E-state index contributed by atoms with van der Waals surface area (Å²) in [6.45, 7) is 1.14. The molecule has 22 heavy (non-hydrogen) atoms. The van der Waals surface area contributed by atoms with Crippen LogP contribution < -0.4 is 4.74 Å². The summed E-state index contributed by atoms with van der Waals surface area (Å²) in [5, 5.41) is 17.9. The number of carboxylic acids is 2. The Morgan fingerprint density at radius 2 is 1.86 bits per heavy atom. The van der Waals surface area contributed by atoms with Crippen molar-refractivity contribution in [3.05, 3.63) is 51.2 Å². The molecule has 2 aromatic rings. The summed E-state index contributed by atoms with van der Waals surface area (Å²) in [5.41, 5.74) is 1.61. The highest BCUT2D eigenvalue weighted by atomic mass is 32.1. The van der Waals surface area contributed by atoms with Crippen LogP contribution in [-0.2, 0) is 4.79 Å². The molecule has 1 aromatic carbocycles. The van der Waals surface area contributed by atoms with E-state index in [0.29, 0.717) is 5.56 Å². The summed E-state index contributed by atoms with van der Waals surface area (Å²) < 4.78 is 5.12. The van der Waals surface area contributed by atoms with Gasteiger partial charge in [0.05, 0.1) is 0 Å². The lowest BCUT2D eigenvalue weighted by molar-refractivity contribution is -0.139. The van der Waals surface area contributed by atoms with Crippen molar-refractivity contribution in [2.45, 2.75) is 6.92 Å². The Kier molecular flexibility index (Phi) is 4.95. The molecule has 0 saturated carbocycles. The molecule has 0 aliphatic rings. The van der Waals surface area contributed by atoms with Crippen molar-refractivity contribution in [2.75, 3.05) is 6.61 Å². The van der Waals surface area contributed by atoms with Gasteiger partial charge in [0.1, 0.15) is 5.75 Å². The molecule has 0 aliphatic heterocycles. The predicted molar refractivity (Wildman–Crippen MR) is 84.5 cm³/mol. The molecule has 1 aromatic heterocycles. The Balaban J connectivity index is 2.32. The highest BCUT2D eigenvalue weighted by Crippen LogP contribution is 2.36. The molecule has 2 N–H and O–H groups in total. The lowest BCUT2D eigenvalue weighted by Crippen LogP contribution is -2.11. The third kappa shape index (κ3) is 3.73. The largest absolute Gasteiger partial charge is 0.480 e. The van der Waals surface area contributed by atoms with Crippen LogP contribution in [0.1, 0.15) is 25.7 Å². The van der Waals surface area contributed by atoms with E-state index in [1.54, 1.807) is 13.0 Å². The van der Waals surface area contributed by atoms with Gasteiger partial charge in [-0.15, -0.1) is 11.3 Å². The monoisotopic (exact) mass is 318 g/mol. The lowest BCUT2D eigenvalue weighted by atomic mass is 10.2. The van der Waals surface area contributed by atoms with Crippen LogP contribution in [-0.4, -0.2) is 28.8 Å². The second-order valence-corrected chi connectivity index (χ2v) is 5.53. The Labute approximate surface area is 131 Å². The molecule has 0 bridgehead atoms. The van der Waals surface area contributed by atoms with Crippen LogP contribution in [0.15, 0.2) is 30.3 Å². The molecule has 1 heterocycles. The Bertz CT molecular complexity index is 716. The fourth-order valence-electron chi connectivity index (χ4n) is 1.86. The first kappa shape index (κ1) is 15.8. The molecule has 0 aliphatic carbocycles. The van der Waals surface area contributed by atoms with E-state index in [1.807, 2.05) is 36.4 Å². The average molecular weight is 318 g/mol. The summed E-state index contributed by atoms with van der Waals surface area (Å²) in [4.78, 5) is 22.6. The van der Waals surface area contributed by atoms with Gasteiger partial charge in [-0.05, 0) is 18.6 Å². The first-order valence-corrected chi connectivity index (χ1v) is 7.25. The van der Waals surface area contributed by atoms with Crippen molar-refractivity contribution in [3.63, 3.8) is 0 Å². The van der Waals surface area contributed by atoms with Gasteiger partial charge in [0.2, 0.25) is 0 Å². The highest BCUT2D eigenvalue weighted by Gasteiger charge is 2.21. The second-order valence-electron chi connectivity index (χ2n) is 4.48. The standard InChI is InChI=1S/C16H14O5S/c1-10-12(8-7-11-5-3-2-4-6-11)22-15(16(19)20)14(10)21-9-13(17)18/h2-8H,9H2,1H3,(H,17,18)(H,19,20)/b8-7+. The van der Waals surface area contributed by atoms with E-state index in [0.717, 1.165) is 21.8 Å². The highest BCUT2D eigenvalue weighted by molar-refractivity contribution is 7.15. The molecule has 0 spiro atoms. The van der Waals surface area contributed by atoms with E-state index < -0.39 is 18.5 Å². The van der Waals surface area contributed by atoms with Crippen molar-refractivity contribution < 1.29 is 24.5 Å². The molecule has 0 radical (unpaired) electrons. The van der Waals surface area contributed by atoms with Gasteiger partial charge >= 0.3 is 11.9 Å². The number of carbonyl (C=O) groups is 2. The van der Waals surface area contributed by atoms with E-state index in [4.69, 9.17) is 9.84 Å². The Morgan fingerprint density at radius 1 is 1.18 bits per heavy atom. The lowest BCUT2D eigenvalue weighted by Gasteiger charge is -2.03. The third-order valence-corrected chi connectivity index (χ3v) is 4.12. The summed E-state index contributed by atoms with van der Waals surface area (Å²) >= 11 is 1.06. The first-order chi connectivity index (χ1) is 10.5. The number of benzene rings is 1.